The van der Waals surface area contributed by atoms with E-state index in [1.54, 1.807) is 0 Å². The number of aliphatic hydroxyl groups excluding tert-OH is 8. The number of ketones is 2. The summed E-state index contributed by atoms with van der Waals surface area (Å²) in [4.78, 5) is 55.0. The van der Waals surface area contributed by atoms with Crippen LogP contribution in [0.3, 0.4) is 0 Å². The van der Waals surface area contributed by atoms with Gasteiger partial charge < -0.3 is 84.4 Å². The summed E-state index contributed by atoms with van der Waals surface area (Å²) < 4.78 is 0. The maximum absolute atomic E-state index is 12.0. The van der Waals surface area contributed by atoms with Gasteiger partial charge in [-0.15, -0.1) is 0 Å². The second-order valence-electron chi connectivity index (χ2n) is 16.3. The van der Waals surface area contributed by atoms with Crippen molar-refractivity contribution in [2.45, 2.75) is 177 Å². The minimum atomic E-state index is -2.00. The lowest BCUT2D eigenvalue weighted by molar-refractivity contribution is -0.154. The van der Waals surface area contributed by atoms with E-state index < -0.39 is 72.2 Å². The molecule has 8 atom stereocenters. The normalized spacial score (nSPS) is 15.5. The fraction of sp³-hybridized carbons (Fsp3) is 0.818. The summed E-state index contributed by atoms with van der Waals surface area (Å²) in [7, 11) is 6.29. The first-order valence-corrected chi connectivity index (χ1v) is 23.2. The van der Waals surface area contributed by atoms with Gasteiger partial charge in [0, 0.05) is 64.3 Å². The summed E-state index contributed by atoms with van der Waals surface area (Å²) in [5.41, 5.74) is 13.4. The first kappa shape index (κ1) is 64.2. The number of hydrogen-bond acceptors (Lipinski definition) is 18. The van der Waals surface area contributed by atoms with Gasteiger partial charge >= 0.3 is 0 Å². The Hall–Kier alpha value is -3.84. The molecule has 0 fully saturated rings. The van der Waals surface area contributed by atoms with Gasteiger partial charge in [-0.3, -0.25) is 29.2 Å². The molecule has 384 valence electrons. The van der Waals surface area contributed by atoms with Crippen LogP contribution >= 0.6 is 0 Å². The van der Waals surface area contributed by atoms with Crippen molar-refractivity contribution >= 4 is 46.5 Å². The Kier molecular flexibility index (Phi) is 39.2. The summed E-state index contributed by atoms with van der Waals surface area (Å²) in [5.74, 6) is -2.35. The minimum Gasteiger partial charge on any atom is -0.387 e. The van der Waals surface area contributed by atoms with E-state index in [9.17, 15) is 60.0 Å². The third kappa shape index (κ3) is 31.2. The van der Waals surface area contributed by atoms with Crippen LogP contribution in [0.1, 0.15) is 128 Å². The smallest absolute Gasteiger partial charge is 0.251 e. The Labute approximate surface area is 390 Å². The minimum absolute atomic E-state index is 0.0991. The SMILES string of the molecule is CNCCCC(=N)CCCCCCC(N)=NCCCC(=O)[C@H](O)[C@@H](O)[C@@H](O)[C@H](O)C(=O)NC.CNCCCC(=N)CCCCCCC(N)=NCCCC(=O)[C@H](O)[C@@H](O)[C@@H](O)[C@H](O)C(=O)NC. The molecule has 0 rings (SSSR count). The van der Waals surface area contributed by atoms with Crippen LogP contribution in [0.5, 0.6) is 0 Å². The maximum Gasteiger partial charge on any atom is 0.251 e. The lowest BCUT2D eigenvalue weighted by Crippen LogP contribution is -2.52. The number of aliphatic hydroxyl groups is 8. The number of unbranched alkanes of at least 4 members (excludes halogenated alkanes) is 6. The summed E-state index contributed by atoms with van der Waals surface area (Å²) in [6.45, 7) is 2.44. The zero-order valence-electron chi connectivity index (χ0n) is 39.8. The highest BCUT2D eigenvalue weighted by atomic mass is 16.4. The van der Waals surface area contributed by atoms with E-state index in [4.69, 9.17) is 22.3 Å². The third-order valence-electron chi connectivity index (χ3n) is 10.6. The van der Waals surface area contributed by atoms with Crippen molar-refractivity contribution in [3.63, 3.8) is 0 Å². The number of rotatable bonds is 40. The summed E-state index contributed by atoms with van der Waals surface area (Å²) in [5, 5.41) is 104. The van der Waals surface area contributed by atoms with Crippen LogP contribution in [0, 0.1) is 10.8 Å². The van der Waals surface area contributed by atoms with Crippen LogP contribution < -0.4 is 32.7 Å². The molecule has 0 aliphatic heterocycles. The van der Waals surface area contributed by atoms with Crippen molar-refractivity contribution < 1.29 is 60.0 Å². The molecule has 0 aliphatic rings. The summed E-state index contributed by atoms with van der Waals surface area (Å²) >= 11 is 0. The Morgan fingerprint density at radius 1 is 0.424 bits per heavy atom. The Morgan fingerprint density at radius 2 is 0.712 bits per heavy atom. The van der Waals surface area contributed by atoms with Crippen LogP contribution in [0.4, 0.5) is 0 Å². The first-order valence-electron chi connectivity index (χ1n) is 23.2. The van der Waals surface area contributed by atoms with Crippen LogP contribution in [0.15, 0.2) is 9.98 Å². The highest BCUT2D eigenvalue weighted by Crippen LogP contribution is 2.13. The number of hydrogen-bond donors (Lipinski definition) is 16. The van der Waals surface area contributed by atoms with Crippen molar-refractivity contribution in [3.8, 4) is 0 Å². The van der Waals surface area contributed by atoms with E-state index in [-0.39, 0.29) is 25.9 Å². The molecule has 0 aromatic rings. The van der Waals surface area contributed by atoms with E-state index >= 15 is 0 Å². The van der Waals surface area contributed by atoms with E-state index in [2.05, 4.69) is 31.3 Å². The van der Waals surface area contributed by atoms with Gasteiger partial charge in [-0.25, -0.2) is 0 Å². The monoisotopic (exact) mass is 947 g/mol. The molecule has 0 saturated carbocycles. The molecular weight excluding hydrogens is 861 g/mol. The quantitative estimate of drug-likeness (QED) is 0.0189. The van der Waals surface area contributed by atoms with Gasteiger partial charge in [-0.05, 0) is 104 Å². The molecule has 22 heteroatoms. The molecule has 18 N–H and O–H groups in total. The number of amides is 2. The number of nitrogens with two attached hydrogens (primary N) is 2. The van der Waals surface area contributed by atoms with Crippen molar-refractivity contribution in [1.82, 2.24) is 21.3 Å². The molecule has 0 unspecified atom stereocenters. The fourth-order valence-electron chi connectivity index (χ4n) is 6.34. The molecule has 0 aromatic carbocycles. The average Bonchev–Trinajstić information content (AvgIpc) is 3.31. The van der Waals surface area contributed by atoms with Crippen molar-refractivity contribution in [2.24, 2.45) is 21.5 Å². The molecule has 0 heterocycles. The Bertz CT molecular complexity index is 1340. The number of nitrogens with one attached hydrogen (secondary N) is 6. The second-order valence-corrected chi connectivity index (χ2v) is 16.3. The van der Waals surface area contributed by atoms with E-state index in [1.807, 2.05) is 14.1 Å². The highest BCUT2D eigenvalue weighted by molar-refractivity contribution is 5.86. The third-order valence-corrected chi connectivity index (χ3v) is 10.6. The fourth-order valence-corrected chi connectivity index (χ4v) is 6.34. The largest absolute Gasteiger partial charge is 0.387 e. The second kappa shape index (κ2) is 40.2. The van der Waals surface area contributed by atoms with Crippen LogP contribution in [0.2, 0.25) is 0 Å². The van der Waals surface area contributed by atoms with Crippen molar-refractivity contribution in [3.05, 3.63) is 0 Å². The molecule has 22 nitrogen and oxygen atoms in total. The molecule has 0 saturated heterocycles. The van der Waals surface area contributed by atoms with Gasteiger partial charge in [0.05, 0.1) is 11.7 Å². The molecule has 2 amide bonds. The number of likely N-dealkylation sites (N-methyl/N-ethyl adjacent to an activating group) is 2. The van der Waals surface area contributed by atoms with Gasteiger partial charge in [0.25, 0.3) is 11.8 Å². The van der Waals surface area contributed by atoms with E-state index in [1.165, 1.54) is 14.1 Å². The number of aliphatic imine (C=N–C) groups is 2. The molecule has 0 radical (unpaired) electrons. The summed E-state index contributed by atoms with van der Waals surface area (Å²) in [6, 6.07) is 0. The predicted molar refractivity (Wildman–Crippen MR) is 255 cm³/mol. The first-order chi connectivity index (χ1) is 31.3. The van der Waals surface area contributed by atoms with Crippen LogP contribution in [-0.4, -0.2) is 191 Å². The number of nitrogens with zero attached hydrogens (tertiary/aromatic N) is 2. The van der Waals surface area contributed by atoms with Crippen LogP contribution in [0.25, 0.3) is 0 Å². The Balaban J connectivity index is 0. The van der Waals surface area contributed by atoms with Crippen LogP contribution in [-0.2, 0) is 19.2 Å². The Morgan fingerprint density at radius 3 is 1.02 bits per heavy atom. The molecule has 0 spiro atoms. The van der Waals surface area contributed by atoms with Crippen molar-refractivity contribution in [1.29, 1.82) is 10.8 Å². The van der Waals surface area contributed by atoms with Gasteiger partial charge in [-0.1, -0.05) is 25.7 Å². The number of amidine groups is 2. The number of carbonyl (C=O) groups excluding carboxylic acids is 4. The lowest BCUT2D eigenvalue weighted by atomic mass is 9.97. The van der Waals surface area contributed by atoms with Gasteiger partial charge in [0.15, 0.2) is 23.8 Å². The average molecular weight is 947 g/mol. The highest BCUT2D eigenvalue weighted by Gasteiger charge is 2.37. The van der Waals surface area contributed by atoms with Gasteiger partial charge in [0.2, 0.25) is 0 Å². The molecule has 0 aromatic heterocycles. The zero-order chi connectivity index (χ0) is 50.5. The molecule has 0 aliphatic carbocycles. The van der Waals surface area contributed by atoms with Crippen molar-refractivity contribution in [2.75, 3.05) is 54.4 Å². The standard InChI is InChI=1S/2C22H43N5O6/c2*1-25-13-7-10-15(23)9-5-3-4-6-12-17(24)27-14-8-11-16(28)18(29)19(30)20(31)21(32)22(33)26-2/h2*18-21,23,25,29-32H,3-14H2,1-2H3,(H2,24,27)(H,26,33)/t2*18-,19+,20+,21-/m00/s1. The molecular formula is C44H86N10O12. The molecule has 66 heavy (non-hydrogen) atoms. The number of Topliss-reactive ketones (excluding diaryl/α,β-unsaturated/α-hetero) is 2. The van der Waals surface area contributed by atoms with Gasteiger partial charge in [0.1, 0.15) is 36.6 Å². The zero-order valence-corrected chi connectivity index (χ0v) is 39.8. The number of carbonyl (C=O) groups is 4. The topological polar surface area (TPSA) is 403 Å². The van der Waals surface area contributed by atoms with E-state index in [0.29, 0.717) is 37.4 Å². The maximum atomic E-state index is 12.0. The van der Waals surface area contributed by atoms with E-state index in [0.717, 1.165) is 114 Å². The lowest BCUT2D eigenvalue weighted by Gasteiger charge is -2.24. The van der Waals surface area contributed by atoms with Gasteiger partial charge in [-0.2, -0.15) is 0 Å². The molecule has 0 bridgehead atoms. The predicted octanol–water partition coefficient (Wildman–Crippen LogP) is -1.52. The summed E-state index contributed by atoms with van der Waals surface area (Å²) in [6.07, 6.45) is -0.809.